The van der Waals surface area contributed by atoms with Crippen LogP contribution >= 0.6 is 11.6 Å². The van der Waals surface area contributed by atoms with E-state index in [0.717, 1.165) is 48.2 Å². The van der Waals surface area contributed by atoms with E-state index in [2.05, 4.69) is 26.7 Å². The summed E-state index contributed by atoms with van der Waals surface area (Å²) in [5.74, 6) is 2.36. The van der Waals surface area contributed by atoms with Crippen molar-refractivity contribution in [1.29, 1.82) is 0 Å². The van der Waals surface area contributed by atoms with Gasteiger partial charge >= 0.3 is 0 Å². The van der Waals surface area contributed by atoms with E-state index in [9.17, 15) is 0 Å². The molecule has 2 N–H and O–H groups in total. The molecular formula is C22H25ClN4O. The standard InChI is InChI=1S/C22H25ClN4O/c1-16-15-21(24-14-12-18-5-3-4-6-20(18)28-2)27-22(26-16)25-13-11-17-7-9-19(23)10-8-17/h3-10,15H,11-14H2,1-2H3,(H2,24,25,26,27). The van der Waals surface area contributed by atoms with E-state index < -0.39 is 0 Å². The maximum Gasteiger partial charge on any atom is 0.224 e. The Bertz CT molecular complexity index is 899. The molecule has 2 aromatic carbocycles. The number of rotatable bonds is 9. The van der Waals surface area contributed by atoms with Gasteiger partial charge in [0.15, 0.2) is 0 Å². The molecule has 5 nitrogen and oxygen atoms in total. The van der Waals surface area contributed by atoms with Gasteiger partial charge in [0, 0.05) is 29.9 Å². The molecule has 0 radical (unpaired) electrons. The first-order valence-electron chi connectivity index (χ1n) is 9.34. The number of halogens is 1. The average molecular weight is 397 g/mol. The smallest absolute Gasteiger partial charge is 0.224 e. The zero-order valence-corrected chi connectivity index (χ0v) is 17.0. The molecule has 0 amide bonds. The molecule has 0 spiro atoms. The van der Waals surface area contributed by atoms with Crippen molar-refractivity contribution < 1.29 is 4.74 Å². The molecule has 0 unspecified atom stereocenters. The van der Waals surface area contributed by atoms with Crippen LogP contribution in [0, 0.1) is 6.92 Å². The van der Waals surface area contributed by atoms with Crippen LogP contribution in [-0.4, -0.2) is 30.2 Å². The predicted molar refractivity (Wildman–Crippen MR) is 116 cm³/mol. The molecule has 3 rings (SSSR count). The Morgan fingerprint density at radius 1 is 0.929 bits per heavy atom. The van der Waals surface area contributed by atoms with Gasteiger partial charge in [0.05, 0.1) is 7.11 Å². The van der Waals surface area contributed by atoms with E-state index in [-0.39, 0.29) is 0 Å². The third kappa shape index (κ3) is 5.86. The van der Waals surface area contributed by atoms with Crippen LogP contribution in [0.4, 0.5) is 11.8 Å². The number of ether oxygens (including phenoxy) is 1. The summed E-state index contributed by atoms with van der Waals surface area (Å²) in [6.45, 7) is 3.49. The molecule has 0 atom stereocenters. The number of benzene rings is 2. The molecule has 146 valence electrons. The third-order valence-electron chi connectivity index (χ3n) is 4.36. The third-order valence-corrected chi connectivity index (χ3v) is 4.61. The number of anilines is 2. The number of para-hydroxylation sites is 1. The van der Waals surface area contributed by atoms with Crippen LogP contribution in [0.5, 0.6) is 5.75 Å². The van der Waals surface area contributed by atoms with Crippen molar-refractivity contribution in [2.45, 2.75) is 19.8 Å². The second-order valence-electron chi connectivity index (χ2n) is 6.51. The zero-order valence-electron chi connectivity index (χ0n) is 16.2. The van der Waals surface area contributed by atoms with Gasteiger partial charge in [0.1, 0.15) is 11.6 Å². The lowest BCUT2D eigenvalue weighted by Crippen LogP contribution is -2.12. The maximum atomic E-state index is 5.92. The van der Waals surface area contributed by atoms with Crippen LogP contribution in [-0.2, 0) is 12.8 Å². The van der Waals surface area contributed by atoms with Crippen LogP contribution in [0.3, 0.4) is 0 Å². The Balaban J connectivity index is 1.53. The highest BCUT2D eigenvalue weighted by atomic mass is 35.5. The van der Waals surface area contributed by atoms with Crippen LogP contribution < -0.4 is 15.4 Å². The molecule has 0 bridgehead atoms. The SMILES string of the molecule is COc1ccccc1CCNc1cc(C)nc(NCCc2ccc(Cl)cc2)n1. The Labute approximate surface area is 171 Å². The molecule has 0 aliphatic rings. The minimum Gasteiger partial charge on any atom is -0.496 e. The van der Waals surface area contributed by atoms with Gasteiger partial charge < -0.3 is 15.4 Å². The monoisotopic (exact) mass is 396 g/mol. The molecular weight excluding hydrogens is 372 g/mol. The maximum absolute atomic E-state index is 5.92. The molecule has 6 heteroatoms. The van der Waals surface area contributed by atoms with Crippen LogP contribution in [0.15, 0.2) is 54.6 Å². The summed E-state index contributed by atoms with van der Waals surface area (Å²) in [5, 5.41) is 7.43. The Morgan fingerprint density at radius 3 is 2.46 bits per heavy atom. The molecule has 0 fully saturated rings. The summed E-state index contributed by atoms with van der Waals surface area (Å²) < 4.78 is 5.40. The number of aryl methyl sites for hydroxylation is 1. The van der Waals surface area contributed by atoms with Crippen molar-refractivity contribution in [2.75, 3.05) is 30.8 Å². The van der Waals surface area contributed by atoms with Crippen LogP contribution in [0.25, 0.3) is 0 Å². The van der Waals surface area contributed by atoms with Gasteiger partial charge in [-0.3, -0.25) is 0 Å². The summed E-state index contributed by atoms with van der Waals surface area (Å²) >= 11 is 5.92. The normalized spacial score (nSPS) is 10.5. The molecule has 0 saturated heterocycles. The molecule has 0 saturated carbocycles. The largest absolute Gasteiger partial charge is 0.496 e. The van der Waals surface area contributed by atoms with E-state index >= 15 is 0 Å². The highest BCUT2D eigenvalue weighted by Crippen LogP contribution is 2.18. The Kier molecular flexibility index (Phi) is 7.09. The average Bonchev–Trinajstić information content (AvgIpc) is 2.69. The second-order valence-corrected chi connectivity index (χ2v) is 6.95. The fraction of sp³-hybridized carbons (Fsp3) is 0.273. The van der Waals surface area contributed by atoms with Crippen molar-refractivity contribution in [3.63, 3.8) is 0 Å². The van der Waals surface area contributed by atoms with Crippen molar-refractivity contribution in [3.8, 4) is 5.75 Å². The van der Waals surface area contributed by atoms with Crippen molar-refractivity contribution in [3.05, 3.63) is 76.4 Å². The van der Waals surface area contributed by atoms with Crippen molar-refractivity contribution >= 4 is 23.4 Å². The number of hydrogen-bond acceptors (Lipinski definition) is 5. The van der Waals surface area contributed by atoms with Gasteiger partial charge in [-0.2, -0.15) is 4.98 Å². The molecule has 0 aliphatic carbocycles. The summed E-state index contributed by atoms with van der Waals surface area (Å²) in [7, 11) is 1.70. The van der Waals surface area contributed by atoms with E-state index in [0.29, 0.717) is 5.95 Å². The summed E-state index contributed by atoms with van der Waals surface area (Å²) in [6.07, 6.45) is 1.73. The van der Waals surface area contributed by atoms with Gasteiger partial charge in [-0.05, 0) is 49.1 Å². The number of hydrogen-bond donors (Lipinski definition) is 2. The quantitative estimate of drug-likeness (QED) is 0.546. The molecule has 0 aliphatic heterocycles. The van der Waals surface area contributed by atoms with Gasteiger partial charge in [0.2, 0.25) is 5.95 Å². The van der Waals surface area contributed by atoms with Crippen molar-refractivity contribution in [2.24, 2.45) is 0 Å². The first-order chi connectivity index (χ1) is 13.6. The number of aromatic nitrogens is 2. The fourth-order valence-electron chi connectivity index (χ4n) is 2.94. The first kappa shape index (κ1) is 20.0. The number of nitrogens with one attached hydrogen (secondary N) is 2. The van der Waals surface area contributed by atoms with Gasteiger partial charge in [-0.1, -0.05) is 41.9 Å². The summed E-state index contributed by atoms with van der Waals surface area (Å²) in [6, 6.07) is 17.9. The van der Waals surface area contributed by atoms with Crippen molar-refractivity contribution in [1.82, 2.24) is 9.97 Å². The second kappa shape index (κ2) is 9.95. The Hall–Kier alpha value is -2.79. The topological polar surface area (TPSA) is 59.1 Å². The summed E-state index contributed by atoms with van der Waals surface area (Å²) in [5.41, 5.74) is 3.31. The lowest BCUT2D eigenvalue weighted by Gasteiger charge is -2.11. The fourth-order valence-corrected chi connectivity index (χ4v) is 3.07. The molecule has 3 aromatic rings. The van der Waals surface area contributed by atoms with Gasteiger partial charge in [-0.15, -0.1) is 0 Å². The first-order valence-corrected chi connectivity index (χ1v) is 9.71. The van der Waals surface area contributed by atoms with Crippen LogP contribution in [0.2, 0.25) is 5.02 Å². The number of methoxy groups -OCH3 is 1. The van der Waals surface area contributed by atoms with E-state index in [4.69, 9.17) is 16.3 Å². The minimum atomic E-state index is 0.633. The van der Waals surface area contributed by atoms with E-state index in [1.165, 1.54) is 11.1 Å². The van der Waals surface area contributed by atoms with E-state index in [1.54, 1.807) is 7.11 Å². The zero-order chi connectivity index (χ0) is 19.8. The molecule has 28 heavy (non-hydrogen) atoms. The predicted octanol–water partition coefficient (Wildman–Crippen LogP) is 4.76. The highest BCUT2D eigenvalue weighted by molar-refractivity contribution is 6.30. The lowest BCUT2D eigenvalue weighted by molar-refractivity contribution is 0.410. The Morgan fingerprint density at radius 2 is 1.68 bits per heavy atom. The number of nitrogens with zero attached hydrogens (tertiary/aromatic N) is 2. The van der Waals surface area contributed by atoms with E-state index in [1.807, 2.05) is 55.5 Å². The van der Waals surface area contributed by atoms with Gasteiger partial charge in [0.25, 0.3) is 0 Å². The van der Waals surface area contributed by atoms with Crippen LogP contribution in [0.1, 0.15) is 16.8 Å². The molecule has 1 heterocycles. The minimum absolute atomic E-state index is 0.633. The molecule has 1 aromatic heterocycles. The summed E-state index contributed by atoms with van der Waals surface area (Å²) in [4.78, 5) is 9.04. The highest BCUT2D eigenvalue weighted by Gasteiger charge is 2.04. The lowest BCUT2D eigenvalue weighted by atomic mass is 10.1. The van der Waals surface area contributed by atoms with Gasteiger partial charge in [-0.25, -0.2) is 4.98 Å².